The van der Waals surface area contributed by atoms with Gasteiger partial charge in [-0.05, 0) is 38.4 Å². The van der Waals surface area contributed by atoms with Gasteiger partial charge in [-0.25, -0.2) is 15.0 Å². The van der Waals surface area contributed by atoms with Crippen LogP contribution in [0.1, 0.15) is 35.8 Å². The quantitative estimate of drug-likeness (QED) is 0.751. The van der Waals surface area contributed by atoms with Gasteiger partial charge >= 0.3 is 0 Å². The molecule has 0 aromatic carbocycles. The molecule has 3 aromatic rings. The minimum absolute atomic E-state index is 0.418. The van der Waals surface area contributed by atoms with E-state index in [2.05, 4.69) is 36.3 Å². The van der Waals surface area contributed by atoms with Crippen molar-refractivity contribution in [2.45, 2.75) is 32.2 Å². The van der Waals surface area contributed by atoms with Crippen LogP contribution in [-0.4, -0.2) is 42.5 Å². The van der Waals surface area contributed by atoms with Crippen molar-refractivity contribution in [3.63, 3.8) is 0 Å². The van der Waals surface area contributed by atoms with Crippen molar-refractivity contribution >= 4 is 11.6 Å². The Hall–Kier alpha value is -2.80. The van der Waals surface area contributed by atoms with Gasteiger partial charge in [-0.3, -0.25) is 9.88 Å². The second-order valence-corrected chi connectivity index (χ2v) is 7.22. The van der Waals surface area contributed by atoms with Crippen molar-refractivity contribution in [2.24, 2.45) is 7.05 Å². The lowest BCUT2D eigenvalue weighted by Crippen LogP contribution is -2.34. The van der Waals surface area contributed by atoms with Crippen LogP contribution in [-0.2, 0) is 13.6 Å². The highest BCUT2D eigenvalue weighted by Crippen LogP contribution is 2.26. The third kappa shape index (κ3) is 4.49. The van der Waals surface area contributed by atoms with E-state index in [0.29, 0.717) is 5.92 Å². The first-order valence-electron chi connectivity index (χ1n) is 9.37. The molecular formula is C20H25N7. The number of anilines is 2. The topological polar surface area (TPSA) is 71.8 Å². The predicted octanol–water partition coefficient (Wildman–Crippen LogP) is 3.04. The van der Waals surface area contributed by atoms with Crippen molar-refractivity contribution in [3.05, 3.63) is 60.2 Å². The second kappa shape index (κ2) is 7.84. The van der Waals surface area contributed by atoms with Gasteiger partial charge in [0.2, 0.25) is 0 Å². The summed E-state index contributed by atoms with van der Waals surface area (Å²) in [7, 11) is 2.01. The van der Waals surface area contributed by atoms with Crippen LogP contribution in [0, 0.1) is 6.92 Å². The number of rotatable bonds is 5. The Labute approximate surface area is 159 Å². The number of aryl methyl sites for hydroxylation is 2. The molecule has 7 nitrogen and oxygen atoms in total. The number of imidazole rings is 1. The van der Waals surface area contributed by atoms with Gasteiger partial charge in [0.1, 0.15) is 11.6 Å². The fourth-order valence-corrected chi connectivity index (χ4v) is 3.58. The second-order valence-electron chi connectivity index (χ2n) is 7.22. The molecule has 4 heterocycles. The first-order valence-corrected chi connectivity index (χ1v) is 9.37. The van der Waals surface area contributed by atoms with E-state index >= 15 is 0 Å². The smallest absolute Gasteiger partial charge is 0.150 e. The first-order chi connectivity index (χ1) is 13.2. The van der Waals surface area contributed by atoms with Gasteiger partial charge < -0.3 is 9.88 Å². The molecule has 1 N–H and O–H groups in total. The van der Waals surface area contributed by atoms with E-state index in [-0.39, 0.29) is 0 Å². The third-order valence-corrected chi connectivity index (χ3v) is 4.88. The summed E-state index contributed by atoms with van der Waals surface area (Å²) in [4.78, 5) is 20.6. The molecule has 1 fully saturated rings. The van der Waals surface area contributed by atoms with Gasteiger partial charge in [-0.15, -0.1) is 0 Å². The third-order valence-electron chi connectivity index (χ3n) is 4.88. The van der Waals surface area contributed by atoms with Crippen molar-refractivity contribution in [3.8, 4) is 0 Å². The van der Waals surface area contributed by atoms with E-state index in [1.54, 1.807) is 6.20 Å². The maximum atomic E-state index is 4.67. The molecule has 1 unspecified atom stereocenters. The van der Waals surface area contributed by atoms with Crippen molar-refractivity contribution in [1.29, 1.82) is 0 Å². The van der Waals surface area contributed by atoms with E-state index in [1.165, 1.54) is 6.42 Å². The Kier molecular flexibility index (Phi) is 5.11. The molecule has 0 spiro atoms. The van der Waals surface area contributed by atoms with E-state index in [0.717, 1.165) is 54.8 Å². The van der Waals surface area contributed by atoms with Crippen LogP contribution >= 0.6 is 0 Å². The molecule has 27 heavy (non-hydrogen) atoms. The van der Waals surface area contributed by atoms with Gasteiger partial charge in [-0.2, -0.15) is 0 Å². The molecule has 1 aliphatic rings. The molecule has 0 radical (unpaired) electrons. The Balaban J connectivity index is 1.39. The number of aromatic nitrogens is 5. The number of piperidine rings is 1. The highest BCUT2D eigenvalue weighted by molar-refractivity contribution is 5.50. The van der Waals surface area contributed by atoms with E-state index in [1.807, 2.05) is 49.3 Å². The number of nitrogens with one attached hydrogen (secondary N) is 1. The fraction of sp³-hybridized carbons (Fsp3) is 0.400. The Bertz CT molecular complexity index is 887. The number of nitrogens with zero attached hydrogens (tertiary/aromatic N) is 6. The lowest BCUT2D eigenvalue weighted by Gasteiger charge is -2.31. The normalized spacial score (nSPS) is 17.8. The molecule has 0 aliphatic carbocycles. The van der Waals surface area contributed by atoms with Crippen LogP contribution in [0.5, 0.6) is 0 Å². The predicted molar refractivity (Wildman–Crippen MR) is 105 cm³/mol. The molecule has 1 saturated heterocycles. The number of pyridine rings is 1. The van der Waals surface area contributed by atoms with E-state index in [4.69, 9.17) is 0 Å². The molecule has 4 rings (SSSR count). The van der Waals surface area contributed by atoms with Crippen LogP contribution in [0.3, 0.4) is 0 Å². The van der Waals surface area contributed by atoms with Crippen LogP contribution < -0.4 is 5.32 Å². The lowest BCUT2D eigenvalue weighted by atomic mass is 9.95. The van der Waals surface area contributed by atoms with Crippen LogP contribution in [0.4, 0.5) is 11.6 Å². The maximum Gasteiger partial charge on any atom is 0.150 e. The van der Waals surface area contributed by atoms with Gasteiger partial charge in [0.25, 0.3) is 0 Å². The average molecular weight is 363 g/mol. The van der Waals surface area contributed by atoms with Crippen molar-refractivity contribution in [1.82, 2.24) is 29.4 Å². The summed E-state index contributed by atoms with van der Waals surface area (Å²) in [6, 6.07) is 5.88. The summed E-state index contributed by atoms with van der Waals surface area (Å²) in [6.07, 6.45) is 9.97. The Morgan fingerprint density at radius 1 is 1.15 bits per heavy atom. The summed E-state index contributed by atoms with van der Waals surface area (Å²) in [5.74, 6) is 1.93. The molecule has 7 heteroatoms. The van der Waals surface area contributed by atoms with Crippen LogP contribution in [0.15, 0.2) is 43.1 Å². The number of hydrogen-bond donors (Lipinski definition) is 1. The van der Waals surface area contributed by atoms with E-state index < -0.39 is 0 Å². The maximum absolute atomic E-state index is 4.67. The molecule has 1 atom stereocenters. The van der Waals surface area contributed by atoms with E-state index in [9.17, 15) is 0 Å². The minimum atomic E-state index is 0.418. The molecular weight excluding hydrogens is 338 g/mol. The first kappa shape index (κ1) is 17.6. The molecule has 140 valence electrons. The zero-order valence-corrected chi connectivity index (χ0v) is 15.8. The summed E-state index contributed by atoms with van der Waals surface area (Å²) >= 11 is 0. The summed E-state index contributed by atoms with van der Waals surface area (Å²) in [6.45, 7) is 4.97. The monoisotopic (exact) mass is 363 g/mol. The fourth-order valence-electron chi connectivity index (χ4n) is 3.58. The number of hydrogen-bond acceptors (Lipinski definition) is 6. The zero-order chi connectivity index (χ0) is 18.6. The lowest BCUT2D eigenvalue weighted by molar-refractivity contribution is 0.196. The van der Waals surface area contributed by atoms with Crippen molar-refractivity contribution in [2.75, 3.05) is 18.4 Å². The van der Waals surface area contributed by atoms with Crippen molar-refractivity contribution < 1.29 is 0 Å². The largest absolute Gasteiger partial charge is 0.340 e. The molecule has 0 amide bonds. The van der Waals surface area contributed by atoms with Gasteiger partial charge in [0.05, 0.1) is 30.1 Å². The molecule has 1 aliphatic heterocycles. The van der Waals surface area contributed by atoms with Gasteiger partial charge in [0.15, 0.2) is 0 Å². The summed E-state index contributed by atoms with van der Waals surface area (Å²) in [5, 5.41) is 3.21. The molecule has 0 bridgehead atoms. The van der Waals surface area contributed by atoms with Gasteiger partial charge in [-0.1, -0.05) is 6.07 Å². The molecule has 0 saturated carbocycles. The van der Waals surface area contributed by atoms with Crippen LogP contribution in [0.25, 0.3) is 0 Å². The SMILES string of the molecule is Cc1cccc(Nc2cnc(C3CCCN(Cc4cn(C)cn4)C3)cn2)n1. The summed E-state index contributed by atoms with van der Waals surface area (Å²) in [5.41, 5.74) is 3.15. The highest BCUT2D eigenvalue weighted by atomic mass is 15.2. The highest BCUT2D eigenvalue weighted by Gasteiger charge is 2.23. The Morgan fingerprint density at radius 2 is 2.07 bits per heavy atom. The molecule has 3 aromatic heterocycles. The standard InChI is InChI=1S/C20H25N7/c1-15-5-3-7-19(24-15)25-20-10-21-18(9-22-20)16-6-4-8-27(11-16)13-17-12-26(2)14-23-17/h3,5,7,9-10,12,14,16H,4,6,8,11,13H2,1-2H3,(H,22,24,25). The summed E-state index contributed by atoms with van der Waals surface area (Å²) < 4.78 is 2.00. The van der Waals surface area contributed by atoms with Gasteiger partial charge in [0, 0.05) is 37.9 Å². The number of likely N-dealkylation sites (tertiary alicyclic amines) is 1. The minimum Gasteiger partial charge on any atom is -0.340 e. The van der Waals surface area contributed by atoms with Crippen LogP contribution in [0.2, 0.25) is 0 Å². The average Bonchev–Trinajstić information content (AvgIpc) is 3.07. The zero-order valence-electron chi connectivity index (χ0n) is 15.8. The Morgan fingerprint density at radius 3 is 2.81 bits per heavy atom.